The monoisotopic (exact) mass is 333 g/mol. The average Bonchev–Trinajstić information content (AvgIpc) is 3.16. The van der Waals surface area contributed by atoms with E-state index < -0.39 is 0 Å². The predicted molar refractivity (Wildman–Crippen MR) is 78.7 cm³/mol. The molecule has 1 N–H and O–H groups in total. The summed E-state index contributed by atoms with van der Waals surface area (Å²) >= 11 is 5.33. The normalized spacial score (nSPS) is 16.2. The second-order valence-corrected chi connectivity index (χ2v) is 6.55. The molecule has 0 amide bonds. The largest absolute Gasteiger partial charge is 0.344 e. The molecule has 0 unspecified atom stereocenters. The third kappa shape index (κ3) is 2.85. The van der Waals surface area contributed by atoms with Gasteiger partial charge >= 0.3 is 5.69 Å². The summed E-state index contributed by atoms with van der Waals surface area (Å²) in [6.07, 6.45) is 4.50. The van der Waals surface area contributed by atoms with Gasteiger partial charge < -0.3 is 0 Å². The Labute approximate surface area is 120 Å². The topological polar surface area (TPSA) is 50.7 Å². The molecule has 0 atom stereocenters. The molecule has 0 spiro atoms. The van der Waals surface area contributed by atoms with Crippen LogP contribution in [-0.4, -0.2) is 25.8 Å². The number of thioether (sulfide) groups is 1. The Morgan fingerprint density at radius 2 is 2.17 bits per heavy atom. The fourth-order valence-electron chi connectivity index (χ4n) is 1.95. The van der Waals surface area contributed by atoms with Crippen molar-refractivity contribution in [3.63, 3.8) is 0 Å². The number of halogens is 1. The summed E-state index contributed by atoms with van der Waals surface area (Å²) < 4.78 is 1.83. The number of nitrogens with zero attached hydrogens (tertiary/aromatic N) is 2. The van der Waals surface area contributed by atoms with Gasteiger partial charge in [0, 0.05) is 17.1 Å². The summed E-state index contributed by atoms with van der Waals surface area (Å²) in [6.45, 7) is 4.45. The van der Waals surface area contributed by atoms with Crippen LogP contribution in [0.1, 0.15) is 45.6 Å². The van der Waals surface area contributed by atoms with Gasteiger partial charge in [0.05, 0.1) is 0 Å². The minimum Gasteiger partial charge on any atom is -0.267 e. The van der Waals surface area contributed by atoms with E-state index >= 15 is 0 Å². The standard InChI is InChI=1S/C12H20BrN3OS/c1-3-12(4-2,7-13)8-18-11-15-14-10(17)16(11)9-5-6-9/h9H,3-8H2,1-2H3,(H,14,17). The van der Waals surface area contributed by atoms with E-state index in [-0.39, 0.29) is 5.69 Å². The van der Waals surface area contributed by atoms with Gasteiger partial charge in [-0.25, -0.2) is 9.89 Å². The Morgan fingerprint density at radius 1 is 1.50 bits per heavy atom. The molecule has 0 aromatic carbocycles. The molecule has 1 aliphatic rings. The quantitative estimate of drug-likeness (QED) is 0.615. The van der Waals surface area contributed by atoms with Crippen molar-refractivity contribution in [3.05, 3.63) is 10.5 Å². The van der Waals surface area contributed by atoms with Crippen LogP contribution in [0.3, 0.4) is 0 Å². The maximum atomic E-state index is 11.7. The molecule has 0 radical (unpaired) electrons. The lowest BCUT2D eigenvalue weighted by atomic mass is 9.87. The van der Waals surface area contributed by atoms with Crippen LogP contribution < -0.4 is 5.69 Å². The molecule has 18 heavy (non-hydrogen) atoms. The molecule has 0 saturated heterocycles. The molecule has 4 nitrogen and oxygen atoms in total. The van der Waals surface area contributed by atoms with Crippen LogP contribution in [0.5, 0.6) is 0 Å². The van der Waals surface area contributed by atoms with E-state index in [2.05, 4.69) is 40.0 Å². The van der Waals surface area contributed by atoms with Crippen molar-refractivity contribution in [2.75, 3.05) is 11.1 Å². The van der Waals surface area contributed by atoms with Gasteiger partial charge in [0.2, 0.25) is 0 Å². The molecule has 102 valence electrons. The first-order valence-electron chi connectivity index (χ1n) is 6.51. The van der Waals surface area contributed by atoms with Gasteiger partial charge in [-0.05, 0) is 31.1 Å². The van der Waals surface area contributed by atoms with E-state index in [9.17, 15) is 4.79 Å². The lowest BCUT2D eigenvalue weighted by Gasteiger charge is -2.28. The maximum absolute atomic E-state index is 11.7. The van der Waals surface area contributed by atoms with Gasteiger partial charge in [-0.3, -0.25) is 4.57 Å². The molecule has 0 bridgehead atoms. The number of aromatic amines is 1. The summed E-state index contributed by atoms with van der Waals surface area (Å²) in [5.74, 6) is 1.00. The zero-order valence-electron chi connectivity index (χ0n) is 10.9. The second-order valence-electron chi connectivity index (χ2n) is 5.04. The number of H-pyrrole nitrogens is 1. The first-order valence-corrected chi connectivity index (χ1v) is 8.62. The van der Waals surface area contributed by atoms with Crippen molar-refractivity contribution in [2.24, 2.45) is 5.41 Å². The van der Waals surface area contributed by atoms with Gasteiger partial charge in [-0.1, -0.05) is 41.5 Å². The zero-order chi connectivity index (χ0) is 13.2. The highest BCUT2D eigenvalue weighted by Crippen LogP contribution is 2.39. The SMILES string of the molecule is CCC(CC)(CBr)CSc1n[nH]c(=O)n1C1CC1. The summed E-state index contributed by atoms with van der Waals surface area (Å²) in [6, 6.07) is 0.389. The number of hydrogen-bond donors (Lipinski definition) is 1. The number of aromatic nitrogens is 3. The zero-order valence-corrected chi connectivity index (χ0v) is 13.3. The molecule has 1 heterocycles. The van der Waals surface area contributed by atoms with Crippen LogP contribution in [0.15, 0.2) is 9.95 Å². The van der Waals surface area contributed by atoms with E-state index in [1.54, 1.807) is 11.8 Å². The van der Waals surface area contributed by atoms with Crippen LogP contribution in [0, 0.1) is 5.41 Å². The molecular formula is C12H20BrN3OS. The fourth-order valence-corrected chi connectivity index (χ4v) is 4.63. The van der Waals surface area contributed by atoms with Crippen LogP contribution in [-0.2, 0) is 0 Å². The summed E-state index contributed by atoms with van der Waals surface area (Å²) in [5, 5.41) is 8.58. The third-order valence-electron chi connectivity index (χ3n) is 3.88. The fraction of sp³-hybridized carbons (Fsp3) is 0.833. The number of rotatable bonds is 7. The van der Waals surface area contributed by atoms with E-state index in [1.165, 1.54) is 0 Å². The average molecular weight is 334 g/mol. The van der Waals surface area contributed by atoms with E-state index in [4.69, 9.17) is 0 Å². The summed E-state index contributed by atoms with van der Waals surface area (Å²) in [5.41, 5.74) is 0.242. The molecule has 1 aromatic rings. The third-order valence-corrected chi connectivity index (χ3v) is 6.37. The van der Waals surface area contributed by atoms with Gasteiger partial charge in [-0.2, -0.15) is 0 Å². The number of hydrogen-bond acceptors (Lipinski definition) is 3. The molecule has 1 aromatic heterocycles. The lowest BCUT2D eigenvalue weighted by molar-refractivity contribution is 0.358. The van der Waals surface area contributed by atoms with Crippen molar-refractivity contribution in [1.82, 2.24) is 14.8 Å². The van der Waals surface area contributed by atoms with Gasteiger partial charge in [0.1, 0.15) is 0 Å². The van der Waals surface area contributed by atoms with E-state index in [0.29, 0.717) is 11.5 Å². The Hall–Kier alpha value is -0.230. The predicted octanol–water partition coefficient (Wildman–Crippen LogP) is 3.20. The summed E-state index contributed by atoms with van der Waals surface area (Å²) in [7, 11) is 0. The van der Waals surface area contributed by atoms with Crippen molar-refractivity contribution < 1.29 is 0 Å². The Morgan fingerprint density at radius 3 is 2.67 bits per heavy atom. The second kappa shape index (κ2) is 5.82. The number of nitrogens with one attached hydrogen (secondary N) is 1. The van der Waals surface area contributed by atoms with Gasteiger partial charge in [0.15, 0.2) is 5.16 Å². The van der Waals surface area contributed by atoms with Crippen molar-refractivity contribution >= 4 is 27.7 Å². The van der Waals surface area contributed by atoms with Crippen molar-refractivity contribution in [3.8, 4) is 0 Å². The number of alkyl halides is 1. The van der Waals surface area contributed by atoms with E-state index in [1.807, 2.05) is 4.57 Å². The highest BCUT2D eigenvalue weighted by atomic mass is 79.9. The minimum atomic E-state index is -0.0579. The van der Waals surface area contributed by atoms with Crippen molar-refractivity contribution in [1.29, 1.82) is 0 Å². The molecule has 0 aliphatic heterocycles. The molecular weight excluding hydrogens is 314 g/mol. The highest BCUT2D eigenvalue weighted by molar-refractivity contribution is 9.09. The van der Waals surface area contributed by atoms with Gasteiger partial charge in [-0.15, -0.1) is 5.10 Å². The first-order chi connectivity index (χ1) is 8.65. The molecule has 1 fully saturated rings. The Bertz CT molecular complexity index is 440. The highest BCUT2D eigenvalue weighted by Gasteiger charge is 2.30. The van der Waals surface area contributed by atoms with Crippen LogP contribution in [0.4, 0.5) is 0 Å². The van der Waals surface area contributed by atoms with Crippen LogP contribution >= 0.6 is 27.7 Å². The molecule has 6 heteroatoms. The molecule has 1 saturated carbocycles. The first kappa shape index (κ1) is 14.2. The smallest absolute Gasteiger partial charge is 0.267 e. The van der Waals surface area contributed by atoms with E-state index in [0.717, 1.165) is 41.9 Å². The molecule has 1 aliphatic carbocycles. The van der Waals surface area contributed by atoms with Gasteiger partial charge in [0.25, 0.3) is 0 Å². The molecule has 2 rings (SSSR count). The maximum Gasteiger partial charge on any atom is 0.344 e. The van der Waals surface area contributed by atoms with Crippen LogP contribution in [0.25, 0.3) is 0 Å². The Balaban J connectivity index is 2.08. The van der Waals surface area contributed by atoms with Crippen molar-refractivity contribution in [2.45, 2.75) is 50.7 Å². The lowest BCUT2D eigenvalue weighted by Crippen LogP contribution is -2.24. The Kier molecular flexibility index (Phi) is 4.59. The minimum absolute atomic E-state index is 0.0579. The summed E-state index contributed by atoms with van der Waals surface area (Å²) in [4.78, 5) is 11.7. The van der Waals surface area contributed by atoms with Crippen LogP contribution in [0.2, 0.25) is 0 Å².